The Bertz CT molecular complexity index is 703. The van der Waals surface area contributed by atoms with Gasteiger partial charge in [-0.15, -0.1) is 0 Å². The van der Waals surface area contributed by atoms with Crippen LogP contribution in [-0.4, -0.2) is 52.8 Å². The number of ether oxygens (including phenoxy) is 1. The molecule has 1 aromatic rings. The standard InChI is InChI=1S/C19H28AsF2N3O3/c1-12(2)9-20(3)15(10-23)19(27)24-13-4-5-16(14(8-13)18(21)22)25-6-7-28-11-17(25)26/h4-5,8,12,15,18H,6-7,9-11,23H2,1-3H3,(H,24,27)/t15-,20?/m1/s1. The van der Waals surface area contributed by atoms with Gasteiger partial charge in [-0.3, -0.25) is 0 Å². The minimum atomic E-state index is -2.78. The summed E-state index contributed by atoms with van der Waals surface area (Å²) in [7, 11) is 0. The molecule has 2 atom stereocenters. The van der Waals surface area contributed by atoms with Crippen LogP contribution in [0.25, 0.3) is 0 Å². The molecule has 28 heavy (non-hydrogen) atoms. The number of rotatable bonds is 8. The Morgan fingerprint density at radius 2 is 2.11 bits per heavy atom. The zero-order valence-corrected chi connectivity index (χ0v) is 18.3. The molecule has 0 radical (unpaired) electrons. The van der Waals surface area contributed by atoms with Gasteiger partial charge in [0.05, 0.1) is 0 Å². The van der Waals surface area contributed by atoms with Gasteiger partial charge in [-0.05, 0) is 0 Å². The first-order chi connectivity index (χ1) is 13.2. The summed E-state index contributed by atoms with van der Waals surface area (Å²) >= 11 is -1.47. The topological polar surface area (TPSA) is 84.7 Å². The van der Waals surface area contributed by atoms with Crippen molar-refractivity contribution in [3.8, 4) is 0 Å². The fourth-order valence-corrected chi connectivity index (χ4v) is 7.92. The molecule has 0 bridgehead atoms. The Balaban J connectivity index is 2.21. The van der Waals surface area contributed by atoms with Gasteiger partial charge in [-0.25, -0.2) is 0 Å². The van der Waals surface area contributed by atoms with Gasteiger partial charge >= 0.3 is 169 Å². The van der Waals surface area contributed by atoms with Crippen molar-refractivity contribution in [2.24, 2.45) is 11.7 Å². The second kappa shape index (κ2) is 10.3. The number of nitrogens with zero attached hydrogens (tertiary/aromatic N) is 1. The van der Waals surface area contributed by atoms with E-state index in [2.05, 4.69) is 24.9 Å². The third-order valence-electron chi connectivity index (χ3n) is 4.52. The first-order valence-electron chi connectivity index (χ1n) is 9.26. The molecule has 3 N–H and O–H groups in total. The van der Waals surface area contributed by atoms with E-state index >= 15 is 0 Å². The van der Waals surface area contributed by atoms with E-state index in [1.165, 1.54) is 17.0 Å². The summed E-state index contributed by atoms with van der Waals surface area (Å²) in [6.45, 7) is 4.85. The van der Waals surface area contributed by atoms with Crippen LogP contribution in [0.1, 0.15) is 25.8 Å². The second-order valence-corrected chi connectivity index (χ2v) is 12.5. The van der Waals surface area contributed by atoms with Crippen LogP contribution >= 0.6 is 0 Å². The predicted molar refractivity (Wildman–Crippen MR) is 107 cm³/mol. The van der Waals surface area contributed by atoms with Gasteiger partial charge in [0.2, 0.25) is 0 Å². The van der Waals surface area contributed by atoms with Gasteiger partial charge in [-0.2, -0.15) is 0 Å². The number of halogens is 2. The Morgan fingerprint density at radius 3 is 2.68 bits per heavy atom. The van der Waals surface area contributed by atoms with Crippen molar-refractivity contribution in [3.63, 3.8) is 0 Å². The van der Waals surface area contributed by atoms with E-state index in [-0.39, 0.29) is 53.2 Å². The molecule has 6 nitrogen and oxygen atoms in total. The molecule has 1 aromatic carbocycles. The molecule has 1 aliphatic heterocycles. The van der Waals surface area contributed by atoms with Crippen molar-refractivity contribution in [2.45, 2.75) is 35.9 Å². The Labute approximate surface area is 169 Å². The van der Waals surface area contributed by atoms with Crippen molar-refractivity contribution in [1.29, 1.82) is 0 Å². The first kappa shape index (κ1) is 22.8. The normalized spacial score (nSPS) is 17.1. The van der Waals surface area contributed by atoms with E-state index in [9.17, 15) is 18.4 Å². The fraction of sp³-hybridized carbons (Fsp3) is 0.579. The average molecular weight is 459 g/mol. The quantitative estimate of drug-likeness (QED) is 0.586. The van der Waals surface area contributed by atoms with Crippen LogP contribution in [-0.2, 0) is 14.3 Å². The number of hydrogen-bond donors (Lipinski definition) is 2. The van der Waals surface area contributed by atoms with Crippen LogP contribution in [0, 0.1) is 5.92 Å². The first-order valence-corrected chi connectivity index (χ1v) is 13.5. The van der Waals surface area contributed by atoms with E-state index in [1.54, 1.807) is 6.07 Å². The number of carbonyl (C=O) groups excluding carboxylic acids is 2. The predicted octanol–water partition coefficient (Wildman–Crippen LogP) is 3.04. The molecule has 2 rings (SSSR count). The van der Waals surface area contributed by atoms with Gasteiger partial charge < -0.3 is 0 Å². The van der Waals surface area contributed by atoms with Crippen LogP contribution in [0.2, 0.25) is 15.6 Å². The molecule has 0 aliphatic carbocycles. The molecule has 1 unspecified atom stereocenters. The van der Waals surface area contributed by atoms with Crippen LogP contribution < -0.4 is 16.0 Å². The van der Waals surface area contributed by atoms with Crippen molar-refractivity contribution < 1.29 is 23.1 Å². The van der Waals surface area contributed by atoms with Gasteiger partial charge in [0.15, 0.2) is 0 Å². The molecule has 9 heteroatoms. The summed E-state index contributed by atoms with van der Waals surface area (Å²) in [4.78, 5) is 26.0. The van der Waals surface area contributed by atoms with E-state index in [4.69, 9.17) is 10.5 Å². The van der Waals surface area contributed by atoms with Crippen LogP contribution in [0.3, 0.4) is 0 Å². The number of hydrogen-bond acceptors (Lipinski definition) is 4. The summed E-state index contributed by atoms with van der Waals surface area (Å²) in [5, 5.41) is 3.73. The Kier molecular flexibility index (Phi) is 8.40. The molecule has 1 aliphatic rings. The number of amides is 2. The number of morpholine rings is 1. The summed E-state index contributed by atoms with van der Waals surface area (Å²) in [5.41, 5.74) is 8.08. The zero-order valence-electron chi connectivity index (χ0n) is 16.5. The molecule has 0 aromatic heterocycles. The minimum absolute atomic E-state index is 0.127. The number of nitrogens with one attached hydrogen (secondary N) is 1. The van der Waals surface area contributed by atoms with Crippen molar-refractivity contribution in [2.75, 3.05) is 36.5 Å². The third kappa shape index (κ3) is 5.75. The van der Waals surface area contributed by atoms with Crippen LogP contribution in [0.5, 0.6) is 0 Å². The molecule has 0 saturated carbocycles. The number of nitrogens with two attached hydrogens (primary N) is 1. The molecular weight excluding hydrogens is 431 g/mol. The average Bonchev–Trinajstić information content (AvgIpc) is 2.62. The summed E-state index contributed by atoms with van der Waals surface area (Å²) in [6.07, 6.45) is -2.78. The number of benzene rings is 1. The molecule has 1 heterocycles. The summed E-state index contributed by atoms with van der Waals surface area (Å²) in [5.74, 6) is -0.0920. The van der Waals surface area contributed by atoms with Crippen LogP contribution in [0.4, 0.5) is 20.2 Å². The molecule has 1 saturated heterocycles. The van der Waals surface area contributed by atoms with Crippen LogP contribution in [0.15, 0.2) is 18.2 Å². The monoisotopic (exact) mass is 459 g/mol. The number of carbonyl (C=O) groups is 2. The summed E-state index contributed by atoms with van der Waals surface area (Å²) < 4.78 is 32.1. The molecular formula is C19H28AsF2N3O3. The van der Waals surface area contributed by atoms with Gasteiger partial charge in [-0.1, -0.05) is 0 Å². The SMILES string of the molecule is CC(C)C[As](C)[C@H](CN)C(=O)Nc1ccc(N2CCOCC2=O)c(C(F)F)c1. The van der Waals surface area contributed by atoms with Crippen molar-refractivity contribution >= 4 is 37.8 Å². The number of anilines is 2. The Morgan fingerprint density at radius 1 is 1.39 bits per heavy atom. The van der Waals surface area contributed by atoms with E-state index in [0.29, 0.717) is 12.5 Å². The molecule has 1 fully saturated rings. The summed E-state index contributed by atoms with van der Waals surface area (Å²) in [6, 6.07) is 4.24. The zero-order chi connectivity index (χ0) is 20.8. The maximum atomic E-state index is 13.6. The maximum absolute atomic E-state index is 13.6. The molecule has 2 amide bonds. The van der Waals surface area contributed by atoms with Gasteiger partial charge in [0, 0.05) is 0 Å². The number of alkyl halides is 2. The third-order valence-corrected chi connectivity index (χ3v) is 10.4. The van der Waals surface area contributed by atoms with E-state index < -0.39 is 21.1 Å². The van der Waals surface area contributed by atoms with E-state index in [0.717, 1.165) is 5.21 Å². The molecule has 0 spiro atoms. The Hall–Kier alpha value is -1.50. The van der Waals surface area contributed by atoms with Crippen molar-refractivity contribution in [3.05, 3.63) is 23.8 Å². The fourth-order valence-electron chi connectivity index (χ4n) is 3.24. The van der Waals surface area contributed by atoms with E-state index in [1.807, 2.05) is 0 Å². The van der Waals surface area contributed by atoms with Gasteiger partial charge in [0.25, 0.3) is 0 Å². The van der Waals surface area contributed by atoms with Crippen molar-refractivity contribution in [1.82, 2.24) is 0 Å². The second-order valence-electron chi connectivity index (χ2n) is 7.25. The van der Waals surface area contributed by atoms with Gasteiger partial charge in [0.1, 0.15) is 0 Å². The molecule has 156 valence electrons.